The number of hydrogen-bond donors (Lipinski definition) is 0. The van der Waals surface area contributed by atoms with E-state index >= 15 is 0 Å². The van der Waals surface area contributed by atoms with Crippen LogP contribution in [-0.2, 0) is 0 Å². The Kier molecular flexibility index (Phi) is 4.26. The molecule has 1 atom stereocenters. The lowest BCUT2D eigenvalue weighted by Crippen LogP contribution is -2.30. The van der Waals surface area contributed by atoms with E-state index in [1.807, 2.05) is 6.07 Å². The molecule has 1 heterocycles. The van der Waals surface area contributed by atoms with Crippen LogP contribution in [0.25, 0.3) is 0 Å². The highest BCUT2D eigenvalue weighted by molar-refractivity contribution is 7.12. The maximum absolute atomic E-state index is 14.0. The molecule has 0 unspecified atom stereocenters. The van der Waals surface area contributed by atoms with Crippen molar-refractivity contribution < 1.29 is 13.6 Å². The van der Waals surface area contributed by atoms with Gasteiger partial charge in [0.1, 0.15) is 0 Å². The Morgan fingerprint density at radius 2 is 1.95 bits per heavy atom. The van der Waals surface area contributed by atoms with Crippen molar-refractivity contribution in [1.29, 1.82) is 5.26 Å². The van der Waals surface area contributed by atoms with E-state index in [4.69, 9.17) is 5.26 Å². The second-order valence-electron chi connectivity index (χ2n) is 4.31. The van der Waals surface area contributed by atoms with E-state index in [9.17, 15) is 13.6 Å². The van der Waals surface area contributed by atoms with Gasteiger partial charge in [0.15, 0.2) is 0 Å². The molecule has 2 rings (SSSR count). The second kappa shape index (κ2) is 5.93. The number of Topliss-reactive ketones (excluding diaryl/α,β-unsaturated/α-hetero) is 1. The van der Waals surface area contributed by atoms with Crippen LogP contribution < -0.4 is 0 Å². The van der Waals surface area contributed by atoms with Gasteiger partial charge in [0.05, 0.1) is 16.9 Å². The standard InChI is InChI=1S/C15H11F2NOS/c16-15(17,14(19)13-7-4-8-20-13)9-12(10-18)11-5-2-1-3-6-11/h1-8,12H,9H2/t12-/m1/s1. The second-order valence-corrected chi connectivity index (χ2v) is 5.26. The monoisotopic (exact) mass is 291 g/mol. The quantitative estimate of drug-likeness (QED) is 0.772. The molecule has 1 aromatic carbocycles. The van der Waals surface area contributed by atoms with Crippen molar-refractivity contribution in [2.75, 3.05) is 0 Å². The summed E-state index contributed by atoms with van der Waals surface area (Å²) in [5.41, 5.74) is 0.494. The molecule has 2 aromatic rings. The minimum Gasteiger partial charge on any atom is -0.286 e. The summed E-state index contributed by atoms with van der Waals surface area (Å²) in [6.45, 7) is 0. The molecule has 0 aliphatic heterocycles. The Labute approximate surface area is 119 Å². The van der Waals surface area contributed by atoms with Crippen molar-refractivity contribution >= 4 is 17.1 Å². The van der Waals surface area contributed by atoms with Gasteiger partial charge in [-0.1, -0.05) is 36.4 Å². The third kappa shape index (κ3) is 3.09. The van der Waals surface area contributed by atoms with Crippen LogP contribution in [0.3, 0.4) is 0 Å². The number of benzene rings is 1. The van der Waals surface area contributed by atoms with Crippen molar-refractivity contribution in [2.24, 2.45) is 0 Å². The van der Waals surface area contributed by atoms with E-state index in [1.54, 1.807) is 41.8 Å². The lowest BCUT2D eigenvalue weighted by atomic mass is 9.92. The fourth-order valence-corrected chi connectivity index (χ4v) is 2.58. The summed E-state index contributed by atoms with van der Waals surface area (Å²) in [4.78, 5) is 11.8. The number of carbonyl (C=O) groups excluding carboxylic acids is 1. The first-order chi connectivity index (χ1) is 9.54. The first-order valence-electron chi connectivity index (χ1n) is 5.95. The summed E-state index contributed by atoms with van der Waals surface area (Å²) in [5.74, 6) is -5.76. The zero-order chi connectivity index (χ0) is 14.6. The first-order valence-corrected chi connectivity index (χ1v) is 6.83. The summed E-state index contributed by atoms with van der Waals surface area (Å²) >= 11 is 0.976. The SMILES string of the molecule is N#C[C@@H](CC(F)(F)C(=O)c1cccs1)c1ccccc1. The van der Waals surface area contributed by atoms with Gasteiger partial charge in [-0.15, -0.1) is 11.3 Å². The molecule has 0 aliphatic rings. The average Bonchev–Trinajstić information content (AvgIpc) is 2.99. The molecule has 0 aliphatic carbocycles. The lowest BCUT2D eigenvalue weighted by Gasteiger charge is -2.17. The van der Waals surface area contributed by atoms with Crippen LogP contribution in [0.2, 0.25) is 0 Å². The fraction of sp³-hybridized carbons (Fsp3) is 0.200. The van der Waals surface area contributed by atoms with Crippen molar-refractivity contribution in [3.8, 4) is 6.07 Å². The summed E-state index contributed by atoms with van der Waals surface area (Å²) in [6.07, 6.45) is -0.801. The molecule has 2 nitrogen and oxygen atoms in total. The van der Waals surface area contributed by atoms with Crippen LogP contribution in [0, 0.1) is 11.3 Å². The topological polar surface area (TPSA) is 40.9 Å². The zero-order valence-corrected chi connectivity index (χ0v) is 11.2. The Balaban J connectivity index is 2.19. The highest BCUT2D eigenvalue weighted by Crippen LogP contribution is 2.33. The Bertz CT molecular complexity index is 617. The van der Waals surface area contributed by atoms with Crippen molar-refractivity contribution in [3.05, 3.63) is 58.3 Å². The average molecular weight is 291 g/mol. The molecule has 0 radical (unpaired) electrons. The zero-order valence-electron chi connectivity index (χ0n) is 10.4. The molecule has 0 spiro atoms. The van der Waals surface area contributed by atoms with Crippen molar-refractivity contribution in [3.63, 3.8) is 0 Å². The molecule has 0 saturated heterocycles. The highest BCUT2D eigenvalue weighted by atomic mass is 32.1. The Morgan fingerprint density at radius 3 is 2.50 bits per heavy atom. The molecule has 5 heteroatoms. The number of carbonyl (C=O) groups is 1. The van der Waals surface area contributed by atoms with E-state index in [0.29, 0.717) is 5.56 Å². The summed E-state index contributed by atoms with van der Waals surface area (Å²) in [7, 11) is 0. The Hall–Kier alpha value is -2.06. The largest absolute Gasteiger partial charge is 0.312 e. The van der Waals surface area contributed by atoms with E-state index in [2.05, 4.69) is 0 Å². The van der Waals surface area contributed by atoms with Gasteiger partial charge in [-0.2, -0.15) is 14.0 Å². The molecule has 102 valence electrons. The van der Waals surface area contributed by atoms with Gasteiger partial charge in [-0.25, -0.2) is 0 Å². The lowest BCUT2D eigenvalue weighted by molar-refractivity contribution is 0.00357. The molecule has 0 fully saturated rings. The molecule has 0 amide bonds. The van der Waals surface area contributed by atoms with Gasteiger partial charge < -0.3 is 0 Å². The number of nitrogens with zero attached hydrogens (tertiary/aromatic N) is 1. The van der Waals surface area contributed by atoms with Crippen LogP contribution in [0.1, 0.15) is 27.6 Å². The molecule has 20 heavy (non-hydrogen) atoms. The van der Waals surface area contributed by atoms with Crippen molar-refractivity contribution in [1.82, 2.24) is 0 Å². The maximum Gasteiger partial charge on any atom is 0.312 e. The molecular formula is C15H11F2NOS. The molecule has 1 aromatic heterocycles. The number of alkyl halides is 2. The van der Waals surface area contributed by atoms with Crippen LogP contribution in [0.5, 0.6) is 0 Å². The van der Waals surface area contributed by atoms with Gasteiger partial charge in [-0.3, -0.25) is 4.79 Å². The number of rotatable bonds is 5. The summed E-state index contributed by atoms with van der Waals surface area (Å²) < 4.78 is 28.0. The smallest absolute Gasteiger partial charge is 0.286 e. The summed E-state index contributed by atoms with van der Waals surface area (Å²) in [5, 5.41) is 10.6. The minimum atomic E-state index is -3.54. The maximum atomic E-state index is 14.0. The highest BCUT2D eigenvalue weighted by Gasteiger charge is 2.42. The molecule has 0 N–H and O–H groups in total. The first kappa shape index (κ1) is 14.4. The van der Waals surface area contributed by atoms with Crippen LogP contribution >= 0.6 is 11.3 Å². The number of thiophene rings is 1. The van der Waals surface area contributed by atoms with Crippen LogP contribution in [0.15, 0.2) is 47.8 Å². The van der Waals surface area contributed by atoms with Gasteiger partial charge in [0.2, 0.25) is 5.78 Å². The predicted molar refractivity (Wildman–Crippen MR) is 73.0 cm³/mol. The molecular weight excluding hydrogens is 280 g/mol. The summed E-state index contributed by atoms with van der Waals surface area (Å²) in [6, 6.07) is 13.1. The third-order valence-electron chi connectivity index (χ3n) is 2.90. The minimum absolute atomic E-state index is 0.0137. The third-order valence-corrected chi connectivity index (χ3v) is 3.76. The molecule has 0 saturated carbocycles. The van der Waals surface area contributed by atoms with E-state index in [-0.39, 0.29) is 4.88 Å². The van der Waals surface area contributed by atoms with Gasteiger partial charge in [0, 0.05) is 6.42 Å². The Morgan fingerprint density at radius 1 is 1.25 bits per heavy atom. The van der Waals surface area contributed by atoms with Gasteiger partial charge in [0.25, 0.3) is 0 Å². The number of halogens is 2. The predicted octanol–water partition coefficient (Wildman–Crippen LogP) is 4.26. The van der Waals surface area contributed by atoms with Crippen LogP contribution in [0.4, 0.5) is 8.78 Å². The van der Waals surface area contributed by atoms with E-state index < -0.39 is 24.0 Å². The normalized spacial score (nSPS) is 12.7. The van der Waals surface area contributed by atoms with Gasteiger partial charge >= 0.3 is 5.92 Å². The van der Waals surface area contributed by atoms with E-state index in [0.717, 1.165) is 11.3 Å². The van der Waals surface area contributed by atoms with Gasteiger partial charge in [-0.05, 0) is 17.0 Å². The number of nitriles is 1. The molecule has 0 bridgehead atoms. The fourth-order valence-electron chi connectivity index (χ4n) is 1.86. The van der Waals surface area contributed by atoms with Crippen molar-refractivity contribution in [2.45, 2.75) is 18.3 Å². The number of ketones is 1. The van der Waals surface area contributed by atoms with Crippen LogP contribution in [-0.4, -0.2) is 11.7 Å². The number of hydrogen-bond acceptors (Lipinski definition) is 3. The van der Waals surface area contributed by atoms with E-state index in [1.165, 1.54) is 6.07 Å².